The zero-order valence-electron chi connectivity index (χ0n) is 14.3. The van der Waals surface area contributed by atoms with Gasteiger partial charge < -0.3 is 9.73 Å². The van der Waals surface area contributed by atoms with Gasteiger partial charge in [0.05, 0.1) is 5.69 Å². The molecule has 0 unspecified atom stereocenters. The van der Waals surface area contributed by atoms with Gasteiger partial charge in [-0.25, -0.2) is 4.68 Å². The first kappa shape index (κ1) is 16.9. The number of aromatic nitrogens is 2. The fourth-order valence-electron chi connectivity index (χ4n) is 2.79. The highest BCUT2D eigenvalue weighted by atomic mass is 32.2. The Morgan fingerprint density at radius 3 is 2.63 bits per heavy atom. The Bertz CT molecular complexity index is 1140. The van der Waals surface area contributed by atoms with E-state index < -0.39 is 5.91 Å². The van der Waals surface area contributed by atoms with Crippen molar-refractivity contribution in [1.82, 2.24) is 9.78 Å². The van der Waals surface area contributed by atoms with Crippen LogP contribution in [0.5, 0.6) is 0 Å². The summed E-state index contributed by atoms with van der Waals surface area (Å²) in [5.74, 6) is -0.0794. The summed E-state index contributed by atoms with van der Waals surface area (Å²) in [4.78, 5) is 12.6. The monoisotopic (exact) mass is 374 g/mol. The van der Waals surface area contributed by atoms with Gasteiger partial charge in [0.2, 0.25) is 0 Å². The van der Waals surface area contributed by atoms with Gasteiger partial charge in [-0.15, -0.1) is 16.9 Å². The van der Waals surface area contributed by atoms with Gasteiger partial charge in [0.25, 0.3) is 5.91 Å². The van der Waals surface area contributed by atoms with Crippen molar-refractivity contribution in [2.24, 2.45) is 0 Å². The van der Waals surface area contributed by atoms with E-state index in [4.69, 9.17) is 4.42 Å². The van der Waals surface area contributed by atoms with Crippen LogP contribution in [0.15, 0.2) is 70.1 Å². The molecule has 2 aromatic carbocycles. The van der Waals surface area contributed by atoms with Crippen LogP contribution in [0.2, 0.25) is 0 Å². The number of fused-ring (bicyclic) bond motifs is 1. The number of carbonyl (C=O) groups excluding carboxylic acids is 1. The predicted molar refractivity (Wildman–Crippen MR) is 104 cm³/mol. The quantitative estimate of drug-likeness (QED) is 0.533. The largest absolute Gasteiger partial charge is 0.451 e. The number of rotatable bonds is 4. The van der Waals surface area contributed by atoms with Crippen molar-refractivity contribution in [3.63, 3.8) is 0 Å². The molecule has 4 aromatic rings. The Morgan fingerprint density at radius 1 is 1.19 bits per heavy atom. The first-order valence-corrected chi connectivity index (χ1v) is 9.36. The molecule has 0 bridgehead atoms. The van der Waals surface area contributed by atoms with Crippen molar-refractivity contribution in [2.75, 3.05) is 11.6 Å². The highest BCUT2D eigenvalue weighted by molar-refractivity contribution is 7.98. The number of thioether (sulfide) groups is 1. The second-order valence-electron chi connectivity index (χ2n) is 5.69. The number of hydrogen-bond donors (Lipinski definition) is 1. The molecule has 2 heterocycles. The lowest BCUT2D eigenvalue weighted by atomic mass is 10.2. The predicted octanol–water partition coefficient (Wildman–Crippen LogP) is 4.46. The Morgan fingerprint density at radius 2 is 1.93 bits per heavy atom. The minimum Gasteiger partial charge on any atom is -0.451 e. The molecule has 27 heavy (non-hydrogen) atoms. The molecule has 0 aliphatic carbocycles. The molecule has 0 radical (unpaired) electrons. The molecule has 1 N–H and O–H groups in total. The minimum atomic E-state index is -0.451. The van der Waals surface area contributed by atoms with Crippen LogP contribution in [0, 0.1) is 11.3 Å². The summed E-state index contributed by atoms with van der Waals surface area (Å²) in [7, 11) is 0. The Hall–Kier alpha value is -3.50. The van der Waals surface area contributed by atoms with Crippen LogP contribution in [0.4, 0.5) is 5.82 Å². The standard InChI is InChI=1S/C20H14N4O2S/c1-27-20-15(12-21)18(23-24(20)14-8-3-2-4-9-14)22-19(25)17-11-13-7-5-6-10-16(13)26-17/h2-11H,1H3,(H,22,23,25). The number of nitriles is 1. The molecule has 0 aliphatic heterocycles. The number of anilines is 1. The van der Waals surface area contributed by atoms with Crippen LogP contribution in [0.3, 0.4) is 0 Å². The second kappa shape index (κ2) is 7.02. The topological polar surface area (TPSA) is 83.8 Å². The molecule has 1 amide bonds. The van der Waals surface area contributed by atoms with Gasteiger partial charge in [0.15, 0.2) is 11.6 Å². The van der Waals surface area contributed by atoms with E-state index in [1.165, 1.54) is 11.8 Å². The molecule has 6 nitrogen and oxygen atoms in total. The first-order valence-electron chi connectivity index (χ1n) is 8.13. The highest BCUT2D eigenvalue weighted by Crippen LogP contribution is 2.29. The molecule has 4 rings (SSSR count). The lowest BCUT2D eigenvalue weighted by Gasteiger charge is -2.04. The number of hydrogen-bond acceptors (Lipinski definition) is 5. The lowest BCUT2D eigenvalue weighted by molar-refractivity contribution is 0.0998. The van der Waals surface area contributed by atoms with Crippen molar-refractivity contribution >= 4 is 34.5 Å². The number of para-hydroxylation sites is 2. The van der Waals surface area contributed by atoms with Gasteiger partial charge in [0.1, 0.15) is 22.2 Å². The zero-order valence-corrected chi connectivity index (χ0v) is 15.2. The average Bonchev–Trinajstić information content (AvgIpc) is 3.29. The molecular formula is C20H14N4O2S. The van der Waals surface area contributed by atoms with Crippen LogP contribution in [-0.4, -0.2) is 21.9 Å². The zero-order chi connectivity index (χ0) is 18.8. The smallest absolute Gasteiger partial charge is 0.292 e. The number of carbonyl (C=O) groups is 1. The molecule has 0 saturated carbocycles. The van der Waals surface area contributed by atoms with Crippen molar-refractivity contribution < 1.29 is 9.21 Å². The van der Waals surface area contributed by atoms with Gasteiger partial charge in [-0.05, 0) is 30.5 Å². The van der Waals surface area contributed by atoms with Crippen molar-refractivity contribution in [3.8, 4) is 11.8 Å². The molecule has 0 saturated heterocycles. The maximum absolute atomic E-state index is 12.6. The SMILES string of the molecule is CSc1c(C#N)c(NC(=O)c2cc3ccccc3o2)nn1-c1ccccc1. The summed E-state index contributed by atoms with van der Waals surface area (Å²) in [6.07, 6.45) is 1.86. The highest BCUT2D eigenvalue weighted by Gasteiger charge is 2.22. The number of amides is 1. The van der Waals surface area contributed by atoms with E-state index in [0.717, 1.165) is 11.1 Å². The van der Waals surface area contributed by atoms with E-state index in [-0.39, 0.29) is 11.6 Å². The van der Waals surface area contributed by atoms with E-state index in [0.29, 0.717) is 16.2 Å². The van der Waals surface area contributed by atoms with Gasteiger partial charge in [-0.1, -0.05) is 36.4 Å². The van der Waals surface area contributed by atoms with Crippen LogP contribution in [0.25, 0.3) is 16.7 Å². The maximum atomic E-state index is 12.6. The third kappa shape index (κ3) is 3.07. The minimum absolute atomic E-state index is 0.167. The number of furan rings is 1. The van der Waals surface area contributed by atoms with Gasteiger partial charge in [-0.3, -0.25) is 4.79 Å². The molecule has 2 aromatic heterocycles. The molecule has 0 spiro atoms. The third-order valence-corrected chi connectivity index (χ3v) is 4.79. The van der Waals surface area contributed by atoms with Crippen LogP contribution in [-0.2, 0) is 0 Å². The van der Waals surface area contributed by atoms with E-state index in [9.17, 15) is 10.1 Å². The molecule has 0 fully saturated rings. The molecule has 0 aliphatic rings. The van der Waals surface area contributed by atoms with E-state index in [2.05, 4.69) is 16.5 Å². The summed E-state index contributed by atoms with van der Waals surface area (Å²) in [6, 6.07) is 20.6. The van der Waals surface area contributed by atoms with Crippen LogP contribution >= 0.6 is 11.8 Å². The van der Waals surface area contributed by atoms with Gasteiger partial charge in [-0.2, -0.15) is 5.26 Å². The summed E-state index contributed by atoms with van der Waals surface area (Å²) in [6.45, 7) is 0. The molecule has 132 valence electrons. The van der Waals surface area contributed by atoms with Crippen LogP contribution < -0.4 is 5.32 Å². The number of nitrogens with zero attached hydrogens (tertiary/aromatic N) is 3. The molecular weight excluding hydrogens is 360 g/mol. The Kier molecular flexibility index (Phi) is 4.40. The fourth-order valence-corrected chi connectivity index (χ4v) is 3.45. The van der Waals surface area contributed by atoms with Crippen molar-refractivity contribution in [2.45, 2.75) is 5.03 Å². The maximum Gasteiger partial charge on any atom is 0.292 e. The summed E-state index contributed by atoms with van der Waals surface area (Å²) in [5, 5.41) is 18.2. The molecule has 7 heteroatoms. The van der Waals surface area contributed by atoms with Crippen molar-refractivity contribution in [3.05, 3.63) is 72.0 Å². The average molecular weight is 374 g/mol. The number of benzene rings is 2. The third-order valence-electron chi connectivity index (χ3n) is 4.03. The second-order valence-corrected chi connectivity index (χ2v) is 6.49. The summed E-state index contributed by atoms with van der Waals surface area (Å²) in [5.41, 5.74) is 1.75. The molecule has 0 atom stereocenters. The van der Waals surface area contributed by atoms with Gasteiger partial charge >= 0.3 is 0 Å². The Balaban J connectivity index is 1.72. The lowest BCUT2D eigenvalue weighted by Crippen LogP contribution is -2.12. The first-order chi connectivity index (χ1) is 13.2. The fraction of sp³-hybridized carbons (Fsp3) is 0.0500. The van der Waals surface area contributed by atoms with E-state index >= 15 is 0 Å². The summed E-state index contributed by atoms with van der Waals surface area (Å²) >= 11 is 1.39. The van der Waals surface area contributed by atoms with Crippen molar-refractivity contribution in [1.29, 1.82) is 5.26 Å². The van der Waals surface area contributed by atoms with Crippen LogP contribution in [0.1, 0.15) is 16.1 Å². The Labute approximate surface area is 159 Å². The van der Waals surface area contributed by atoms with E-state index in [1.807, 2.05) is 54.8 Å². The normalized spacial score (nSPS) is 10.7. The van der Waals surface area contributed by atoms with E-state index in [1.54, 1.807) is 16.8 Å². The summed E-state index contributed by atoms with van der Waals surface area (Å²) < 4.78 is 7.24. The number of nitrogens with one attached hydrogen (secondary N) is 1. The van der Waals surface area contributed by atoms with Gasteiger partial charge in [0, 0.05) is 5.39 Å².